The summed E-state index contributed by atoms with van der Waals surface area (Å²) in [6, 6.07) is 14.5. The number of nitro benzene ring substituents is 1. The third kappa shape index (κ3) is 13.1. The zero-order valence-electron chi connectivity index (χ0n) is 31.9. The maximum absolute atomic E-state index is 11.9. The fourth-order valence-corrected chi connectivity index (χ4v) is 5.51. The van der Waals surface area contributed by atoms with Crippen LogP contribution in [0.25, 0.3) is 22.3 Å². The molecule has 0 fully saturated rings. The SMILES string of the molecule is Cc1cc(-c2ccc(N)c(NC[C@H](C)OC(C)C)c2)cn(C)c1=O.Cc1cc(-c2ccc([N+](=O)[O-])c(NC[C@H](C)OC(C)C)c2)cn(C)c1=O.S.S. The first-order valence-corrected chi connectivity index (χ1v) is 16.8. The van der Waals surface area contributed by atoms with Crippen LogP contribution in [0.4, 0.5) is 22.7 Å². The van der Waals surface area contributed by atoms with Gasteiger partial charge in [-0.3, -0.25) is 19.7 Å². The van der Waals surface area contributed by atoms with E-state index in [9.17, 15) is 19.7 Å². The molecule has 0 aliphatic rings. The van der Waals surface area contributed by atoms with E-state index in [-0.39, 0.29) is 68.2 Å². The van der Waals surface area contributed by atoms with Crippen molar-refractivity contribution in [2.24, 2.45) is 14.1 Å². The second kappa shape index (κ2) is 20.7. The van der Waals surface area contributed by atoms with E-state index in [1.807, 2.05) is 78.9 Å². The quantitative estimate of drug-likeness (QED) is 0.0752. The van der Waals surface area contributed by atoms with E-state index in [2.05, 4.69) is 10.6 Å². The number of nitrogens with two attached hydrogens (primary N) is 1. The third-order valence-corrected chi connectivity index (χ3v) is 7.81. The zero-order chi connectivity index (χ0) is 37.3. The van der Waals surface area contributed by atoms with Gasteiger partial charge in [0.15, 0.2) is 0 Å². The monoisotopic (exact) mass is 756 g/mol. The first-order valence-electron chi connectivity index (χ1n) is 16.8. The predicted molar refractivity (Wildman–Crippen MR) is 224 cm³/mol. The van der Waals surface area contributed by atoms with Gasteiger partial charge in [-0.05, 0) is 114 Å². The predicted octanol–water partition coefficient (Wildman–Crippen LogP) is 6.89. The Labute approximate surface area is 320 Å². The molecule has 0 saturated heterocycles. The average molecular weight is 757 g/mol. The van der Waals surface area contributed by atoms with Crippen LogP contribution >= 0.6 is 27.0 Å². The van der Waals surface area contributed by atoms with Gasteiger partial charge in [-0.2, -0.15) is 27.0 Å². The maximum atomic E-state index is 11.9. The highest BCUT2D eigenvalue weighted by atomic mass is 32.1. The number of aryl methyl sites for hydroxylation is 4. The molecule has 2 aromatic heterocycles. The highest BCUT2D eigenvalue weighted by Gasteiger charge is 2.17. The molecule has 4 aromatic rings. The minimum atomic E-state index is -0.411. The molecule has 0 amide bonds. The largest absolute Gasteiger partial charge is 0.397 e. The number of ether oxygens (including phenoxy) is 2. The van der Waals surface area contributed by atoms with Crippen LogP contribution in [0.3, 0.4) is 0 Å². The van der Waals surface area contributed by atoms with Crippen molar-refractivity contribution in [3.05, 3.63) is 103 Å². The number of hydrogen-bond donors (Lipinski definition) is 3. The van der Waals surface area contributed by atoms with Crippen molar-refractivity contribution in [1.29, 1.82) is 0 Å². The summed E-state index contributed by atoms with van der Waals surface area (Å²) in [5, 5.41) is 17.8. The molecule has 0 saturated carbocycles. The molecule has 2 aromatic carbocycles. The van der Waals surface area contributed by atoms with Crippen LogP contribution in [0.2, 0.25) is 0 Å². The van der Waals surface area contributed by atoms with Crippen LogP contribution in [0.5, 0.6) is 0 Å². The second-order valence-corrected chi connectivity index (χ2v) is 13.2. The lowest BCUT2D eigenvalue weighted by molar-refractivity contribution is -0.384. The average Bonchev–Trinajstić information content (AvgIpc) is 3.03. The minimum absolute atomic E-state index is 0. The van der Waals surface area contributed by atoms with Crippen LogP contribution in [-0.2, 0) is 23.6 Å². The Bertz CT molecular complexity index is 1860. The zero-order valence-corrected chi connectivity index (χ0v) is 33.9. The van der Waals surface area contributed by atoms with E-state index in [1.54, 1.807) is 50.0 Å². The molecular formula is C38H56N6O6S2. The van der Waals surface area contributed by atoms with Crippen LogP contribution < -0.4 is 27.5 Å². The lowest BCUT2D eigenvalue weighted by atomic mass is 10.0. The van der Waals surface area contributed by atoms with E-state index in [1.165, 1.54) is 10.6 Å². The van der Waals surface area contributed by atoms with E-state index in [0.717, 1.165) is 33.5 Å². The Hall–Kier alpha value is -4.24. The van der Waals surface area contributed by atoms with Gasteiger partial charge >= 0.3 is 0 Å². The van der Waals surface area contributed by atoms with Crippen molar-refractivity contribution in [3.8, 4) is 22.3 Å². The number of aromatic nitrogens is 2. The van der Waals surface area contributed by atoms with Gasteiger partial charge in [0.25, 0.3) is 16.8 Å². The van der Waals surface area contributed by atoms with Gasteiger partial charge in [-0.25, -0.2) is 0 Å². The van der Waals surface area contributed by atoms with Crippen LogP contribution in [0.15, 0.2) is 70.5 Å². The summed E-state index contributed by atoms with van der Waals surface area (Å²) in [4.78, 5) is 34.7. The Kier molecular flexibility index (Phi) is 18.2. The van der Waals surface area contributed by atoms with Crippen molar-refractivity contribution in [1.82, 2.24) is 9.13 Å². The maximum Gasteiger partial charge on any atom is 0.292 e. The fraction of sp³-hybridized carbons (Fsp3) is 0.421. The lowest BCUT2D eigenvalue weighted by Crippen LogP contribution is -2.23. The van der Waals surface area contributed by atoms with E-state index < -0.39 is 4.92 Å². The van der Waals surface area contributed by atoms with Gasteiger partial charge in [0, 0.05) is 56.8 Å². The molecule has 0 radical (unpaired) electrons. The van der Waals surface area contributed by atoms with E-state index in [0.29, 0.717) is 30.0 Å². The molecule has 12 nitrogen and oxygen atoms in total. The van der Waals surface area contributed by atoms with E-state index in [4.69, 9.17) is 15.2 Å². The Morgan fingerprint density at radius 2 is 1.10 bits per heavy atom. The van der Waals surface area contributed by atoms with Crippen molar-refractivity contribution in [2.45, 2.75) is 79.8 Å². The Morgan fingerprint density at radius 1 is 0.692 bits per heavy atom. The van der Waals surface area contributed by atoms with Crippen LogP contribution in [0.1, 0.15) is 52.7 Å². The number of nitrogens with one attached hydrogen (secondary N) is 2. The molecule has 0 unspecified atom stereocenters. The number of pyridine rings is 2. The molecule has 2 heterocycles. The normalized spacial score (nSPS) is 11.8. The molecule has 0 bridgehead atoms. The fourth-order valence-electron chi connectivity index (χ4n) is 5.51. The number of hydrogen-bond acceptors (Lipinski definition) is 9. The summed E-state index contributed by atoms with van der Waals surface area (Å²) in [6.07, 6.45) is 3.85. The highest BCUT2D eigenvalue weighted by molar-refractivity contribution is 7.59. The number of nitro groups is 1. The third-order valence-electron chi connectivity index (χ3n) is 7.81. The minimum Gasteiger partial charge on any atom is -0.397 e. The summed E-state index contributed by atoms with van der Waals surface area (Å²) in [7, 11) is 3.45. The summed E-state index contributed by atoms with van der Waals surface area (Å²) in [5.74, 6) is 0. The molecular weight excluding hydrogens is 701 g/mol. The Morgan fingerprint density at radius 3 is 1.50 bits per heavy atom. The summed E-state index contributed by atoms with van der Waals surface area (Å²) in [6.45, 7) is 16.6. The standard InChI is InChI=1S/C19H25N3O4.C19H27N3O2.2H2S/c1-12(2)26-14(4)10-20-17-9-15(6-7-18(17)22(24)25)16-8-13(3)19(23)21(5)11-16;1-12(2)24-14(4)10-21-18-9-15(6-7-17(18)20)16-8-13(3)19(23)22(5)11-16;;/h6-9,11-12,14,20H,10H2,1-5H3;6-9,11-12,14,21H,10,20H2,1-5H3;2*1H2/t2*14-;;/m00../s1. The topological polar surface area (TPSA) is 156 Å². The second-order valence-electron chi connectivity index (χ2n) is 13.2. The van der Waals surface area contributed by atoms with Crippen molar-refractivity contribution in [3.63, 3.8) is 0 Å². The van der Waals surface area contributed by atoms with Gasteiger partial charge in [0.05, 0.1) is 40.7 Å². The van der Waals surface area contributed by atoms with Gasteiger partial charge in [-0.15, -0.1) is 0 Å². The highest BCUT2D eigenvalue weighted by Crippen LogP contribution is 2.31. The first kappa shape index (κ1) is 45.8. The van der Waals surface area contributed by atoms with Crippen molar-refractivity contribution in [2.75, 3.05) is 29.5 Å². The molecule has 286 valence electrons. The molecule has 2 atom stereocenters. The smallest absolute Gasteiger partial charge is 0.292 e. The summed E-state index contributed by atoms with van der Waals surface area (Å²) in [5.41, 5.74) is 13.0. The number of nitrogens with zero attached hydrogens (tertiary/aromatic N) is 3. The van der Waals surface area contributed by atoms with Gasteiger partial charge in [0.1, 0.15) is 5.69 Å². The van der Waals surface area contributed by atoms with Crippen molar-refractivity contribution < 1.29 is 14.4 Å². The Balaban J connectivity index is 0.000000502. The van der Waals surface area contributed by atoms with Crippen LogP contribution in [-0.4, -0.2) is 51.6 Å². The molecule has 4 rings (SSSR count). The van der Waals surface area contributed by atoms with E-state index >= 15 is 0 Å². The van der Waals surface area contributed by atoms with Gasteiger partial charge in [-0.1, -0.05) is 6.07 Å². The van der Waals surface area contributed by atoms with Crippen LogP contribution in [0, 0.1) is 24.0 Å². The lowest BCUT2D eigenvalue weighted by Gasteiger charge is -2.18. The molecule has 14 heteroatoms. The molecule has 52 heavy (non-hydrogen) atoms. The summed E-state index contributed by atoms with van der Waals surface area (Å²) >= 11 is 0. The number of benzene rings is 2. The number of nitrogen functional groups attached to an aromatic ring is 1. The van der Waals surface area contributed by atoms with Gasteiger partial charge < -0.3 is 35.0 Å². The molecule has 0 aliphatic heterocycles. The number of rotatable bonds is 13. The first-order chi connectivity index (χ1) is 23.5. The van der Waals surface area contributed by atoms with Crippen molar-refractivity contribution >= 4 is 49.7 Å². The molecule has 0 aliphatic carbocycles. The summed E-state index contributed by atoms with van der Waals surface area (Å²) < 4.78 is 14.5. The molecule has 4 N–H and O–H groups in total. The molecule has 0 spiro atoms. The number of anilines is 3. The van der Waals surface area contributed by atoms with Gasteiger partial charge in [0.2, 0.25) is 0 Å².